The first-order valence-electron chi connectivity index (χ1n) is 21.8. The van der Waals surface area contributed by atoms with Crippen molar-refractivity contribution in [3.05, 3.63) is 35.4 Å². The van der Waals surface area contributed by atoms with E-state index in [0.717, 1.165) is 49.5 Å². The largest absolute Gasteiger partial charge is 0.352 e. The topological polar surface area (TPSA) is 70.9 Å². The van der Waals surface area contributed by atoms with Crippen LogP contribution in [0.3, 0.4) is 0 Å². The predicted molar refractivity (Wildman–Crippen MR) is 234 cm³/mol. The normalized spacial score (nSPS) is 19.6. The summed E-state index contributed by atoms with van der Waals surface area (Å²) in [6.07, 6.45) is 18.3. The average Bonchev–Trinajstić information content (AvgIpc) is 3.86. The third kappa shape index (κ3) is 28.4. The zero-order valence-electron chi connectivity index (χ0n) is 38.9. The number of aryl methyl sites for hydroxylation is 1. The van der Waals surface area contributed by atoms with Crippen LogP contribution in [0, 0.1) is 51.8 Å². The molecule has 5 nitrogen and oxygen atoms in total. The smallest absolute Gasteiger partial charge is 0.251 e. The summed E-state index contributed by atoms with van der Waals surface area (Å²) in [5.74, 6) is 3.04. The second kappa shape index (κ2) is 21.5. The number of ketones is 1. The summed E-state index contributed by atoms with van der Waals surface area (Å²) in [5.41, 5.74) is 3.93. The van der Waals surface area contributed by atoms with Crippen molar-refractivity contribution in [2.24, 2.45) is 55.1 Å². The molecule has 1 unspecified atom stereocenters. The van der Waals surface area contributed by atoms with Crippen molar-refractivity contribution < 1.29 is 9.59 Å². The number of hydrogen-bond donors (Lipinski definition) is 1. The lowest BCUT2D eigenvalue weighted by Crippen LogP contribution is -2.32. The van der Waals surface area contributed by atoms with Gasteiger partial charge in [-0.1, -0.05) is 160 Å². The van der Waals surface area contributed by atoms with Crippen molar-refractivity contribution in [3.8, 4) is 0 Å². The quantitative estimate of drug-likeness (QED) is 0.301. The van der Waals surface area contributed by atoms with E-state index in [2.05, 4.69) is 126 Å². The fraction of sp³-hybridized carbons (Fsp3) is 0.837. The van der Waals surface area contributed by atoms with Crippen LogP contribution in [0.1, 0.15) is 217 Å². The Kier molecular flexibility index (Phi) is 19.9. The molecular formula is C49H89N3O2. The van der Waals surface area contributed by atoms with Crippen molar-refractivity contribution in [1.82, 2.24) is 5.32 Å². The highest BCUT2D eigenvalue weighted by Gasteiger charge is 2.34. The van der Waals surface area contributed by atoms with E-state index < -0.39 is 0 Å². The maximum absolute atomic E-state index is 11.7. The predicted octanol–water partition coefficient (Wildman–Crippen LogP) is 15.0. The zero-order chi connectivity index (χ0) is 41.6. The van der Waals surface area contributed by atoms with Gasteiger partial charge in [0.05, 0.1) is 0 Å². The molecule has 1 atom stereocenters. The Morgan fingerprint density at radius 2 is 1.11 bits per heavy atom. The summed E-state index contributed by atoms with van der Waals surface area (Å²) >= 11 is 0. The molecule has 3 saturated carbocycles. The molecule has 1 aromatic carbocycles. The summed E-state index contributed by atoms with van der Waals surface area (Å²) in [6.45, 7) is 38.5. The number of Topliss-reactive ketones (excluding diaryl/α,β-unsaturated/α-hetero) is 1. The number of nitrogens with zero attached hydrogens (tertiary/aromatic N) is 2. The van der Waals surface area contributed by atoms with Crippen molar-refractivity contribution in [2.75, 3.05) is 6.54 Å². The lowest BCUT2D eigenvalue weighted by atomic mass is 9.84. The van der Waals surface area contributed by atoms with Gasteiger partial charge in [-0.2, -0.15) is 10.2 Å². The highest BCUT2D eigenvalue weighted by atomic mass is 16.1. The third-order valence-electron chi connectivity index (χ3n) is 10.1. The summed E-state index contributed by atoms with van der Waals surface area (Å²) < 4.78 is 0. The first-order valence-corrected chi connectivity index (χ1v) is 21.8. The van der Waals surface area contributed by atoms with Crippen molar-refractivity contribution in [3.63, 3.8) is 0 Å². The van der Waals surface area contributed by atoms with Crippen LogP contribution >= 0.6 is 0 Å². The molecule has 1 aliphatic heterocycles. The van der Waals surface area contributed by atoms with Gasteiger partial charge < -0.3 is 5.32 Å². The summed E-state index contributed by atoms with van der Waals surface area (Å²) in [7, 11) is 0. The number of carbonyl (C=O) groups is 2. The van der Waals surface area contributed by atoms with Gasteiger partial charge in [0.2, 0.25) is 0 Å². The number of benzene rings is 1. The van der Waals surface area contributed by atoms with E-state index in [0.29, 0.717) is 39.9 Å². The Balaban J connectivity index is 0.000000343. The lowest BCUT2D eigenvalue weighted by molar-refractivity contribution is -0.121. The monoisotopic (exact) mass is 752 g/mol. The van der Waals surface area contributed by atoms with Crippen molar-refractivity contribution in [2.45, 2.75) is 213 Å². The minimum Gasteiger partial charge on any atom is -0.352 e. The fourth-order valence-corrected chi connectivity index (χ4v) is 7.06. The van der Waals surface area contributed by atoms with Gasteiger partial charge in [0.15, 0.2) is 5.66 Å². The highest BCUT2D eigenvalue weighted by Crippen LogP contribution is 2.40. The molecule has 5 heteroatoms. The molecule has 0 aromatic heterocycles. The SMILES string of the molecule is CC(C)(C)CC1CC1.CC(C)(C)CC1CCCC1.CC(C)(C)CC1CCCC1=O.CC(C)(C)CCC1(C)N=N1.Cc1ccc(C(=O)NCC(C)(C)C)cc1. The average molecular weight is 752 g/mol. The molecule has 312 valence electrons. The number of carbonyl (C=O) groups excluding carboxylic acids is 2. The van der Waals surface area contributed by atoms with Crippen LogP contribution in [-0.2, 0) is 4.79 Å². The van der Waals surface area contributed by atoms with Gasteiger partial charge in [0.25, 0.3) is 5.91 Å². The molecule has 3 aliphatic carbocycles. The number of rotatable bonds is 7. The van der Waals surface area contributed by atoms with Gasteiger partial charge in [-0.3, -0.25) is 9.59 Å². The molecule has 5 rings (SSSR count). The Labute approximate surface area is 335 Å². The van der Waals surface area contributed by atoms with Crippen LogP contribution in [0.2, 0.25) is 0 Å². The standard InChI is InChI=1S/C13H19NO.C10H18O.C10H20.C8H16N2.C8H16/c1-10-5-7-11(8-6-10)12(15)14-9-13(2,3)4;1-10(2,3)7-8-5-4-6-9(8)11;1-10(2,3)8-9-6-4-5-7-9;1-7(2,3)5-6-8(4)9-10-8;1-8(2,3)6-7-4-5-7/h5-8H,9H2,1-4H3,(H,14,15);8H,4-7H2,1-3H3;9H,4-8H2,1-3H3;5-6H2,1-4H3;7H,4-6H2,1-3H3. The minimum atomic E-state index is 0.00456. The second-order valence-corrected chi connectivity index (χ2v) is 23.5. The van der Waals surface area contributed by atoms with Crippen LogP contribution in [0.25, 0.3) is 0 Å². The van der Waals surface area contributed by atoms with E-state index in [4.69, 9.17) is 0 Å². The molecule has 54 heavy (non-hydrogen) atoms. The van der Waals surface area contributed by atoms with Crippen LogP contribution in [0.5, 0.6) is 0 Å². The van der Waals surface area contributed by atoms with Gasteiger partial charge in [-0.05, 0) is 110 Å². The molecule has 0 spiro atoms. The van der Waals surface area contributed by atoms with Gasteiger partial charge in [0.1, 0.15) is 5.78 Å². The van der Waals surface area contributed by atoms with E-state index in [1.807, 2.05) is 31.2 Å². The van der Waals surface area contributed by atoms with Crippen molar-refractivity contribution in [1.29, 1.82) is 0 Å². The molecule has 0 radical (unpaired) electrons. The van der Waals surface area contributed by atoms with Gasteiger partial charge >= 0.3 is 0 Å². The molecule has 1 N–H and O–H groups in total. The minimum absolute atomic E-state index is 0.00456. The van der Waals surface area contributed by atoms with E-state index >= 15 is 0 Å². The molecular weight excluding hydrogens is 663 g/mol. The zero-order valence-corrected chi connectivity index (χ0v) is 38.9. The van der Waals surface area contributed by atoms with Gasteiger partial charge in [-0.15, -0.1) is 0 Å². The van der Waals surface area contributed by atoms with Crippen molar-refractivity contribution >= 4 is 11.7 Å². The van der Waals surface area contributed by atoms with Crippen LogP contribution < -0.4 is 5.32 Å². The number of amides is 1. The molecule has 3 fully saturated rings. The first kappa shape index (κ1) is 50.0. The van der Waals surface area contributed by atoms with Gasteiger partial charge in [0, 0.05) is 24.4 Å². The number of nitrogens with one attached hydrogen (secondary N) is 1. The van der Waals surface area contributed by atoms with Crippen LogP contribution in [0.4, 0.5) is 0 Å². The maximum atomic E-state index is 11.7. The third-order valence-corrected chi connectivity index (χ3v) is 10.1. The van der Waals surface area contributed by atoms with Crippen LogP contribution in [0.15, 0.2) is 34.5 Å². The van der Waals surface area contributed by atoms with E-state index in [1.165, 1.54) is 63.4 Å². The molecule has 4 aliphatic rings. The molecule has 1 aromatic rings. The lowest BCUT2D eigenvalue weighted by Gasteiger charge is -2.22. The molecule has 1 amide bonds. The summed E-state index contributed by atoms with van der Waals surface area (Å²) in [4.78, 5) is 22.9. The molecule has 1 heterocycles. The number of hydrogen-bond acceptors (Lipinski definition) is 4. The van der Waals surface area contributed by atoms with E-state index in [-0.39, 0.29) is 17.0 Å². The second-order valence-electron chi connectivity index (χ2n) is 23.5. The summed E-state index contributed by atoms with van der Waals surface area (Å²) in [5, 5.41) is 10.8. The van der Waals surface area contributed by atoms with Crippen LogP contribution in [-0.4, -0.2) is 23.9 Å². The Morgan fingerprint density at radius 3 is 1.44 bits per heavy atom. The first-order chi connectivity index (χ1) is 24.4. The molecule has 0 saturated heterocycles. The van der Waals surface area contributed by atoms with E-state index in [9.17, 15) is 9.59 Å². The molecule has 0 bridgehead atoms. The van der Waals surface area contributed by atoms with E-state index in [1.54, 1.807) is 0 Å². The fourth-order valence-electron chi connectivity index (χ4n) is 7.06. The summed E-state index contributed by atoms with van der Waals surface area (Å²) in [6, 6.07) is 7.61. The maximum Gasteiger partial charge on any atom is 0.251 e. The highest BCUT2D eigenvalue weighted by molar-refractivity contribution is 5.94. The Bertz CT molecular complexity index is 1240. The van der Waals surface area contributed by atoms with Gasteiger partial charge in [-0.25, -0.2) is 0 Å². The Morgan fingerprint density at radius 1 is 0.648 bits per heavy atom. The Hall–Kier alpha value is -2.04.